The molecule has 0 fully saturated rings. The Labute approximate surface area is 93.4 Å². The predicted molar refractivity (Wildman–Crippen MR) is 63.5 cm³/mol. The maximum absolute atomic E-state index is 4.38. The Balaban J connectivity index is 2.45. The zero-order valence-electron chi connectivity index (χ0n) is 9.29. The molecule has 3 heteroatoms. The molecule has 0 saturated carbocycles. The first-order valence-corrected chi connectivity index (χ1v) is 6.15. The van der Waals surface area contributed by atoms with Crippen molar-refractivity contribution >= 4 is 21.6 Å². The van der Waals surface area contributed by atoms with E-state index in [9.17, 15) is 0 Å². The summed E-state index contributed by atoms with van der Waals surface area (Å²) in [5, 5.41) is 1.32. The van der Waals surface area contributed by atoms with E-state index in [2.05, 4.69) is 30.7 Å². The van der Waals surface area contributed by atoms with Gasteiger partial charge in [0.15, 0.2) is 0 Å². The van der Waals surface area contributed by atoms with Crippen LogP contribution in [0.5, 0.6) is 0 Å². The van der Waals surface area contributed by atoms with Gasteiger partial charge in [-0.3, -0.25) is 0 Å². The Bertz CT molecular complexity index is 540. The maximum Gasteiger partial charge on any atom is 0.127 e. The molecule has 1 aliphatic rings. The molecule has 2 heterocycles. The van der Waals surface area contributed by atoms with Gasteiger partial charge in [0.25, 0.3) is 0 Å². The van der Waals surface area contributed by atoms with Crippen molar-refractivity contribution in [2.24, 2.45) is 0 Å². The molecule has 0 amide bonds. The molecule has 0 aliphatic heterocycles. The highest BCUT2D eigenvalue weighted by Crippen LogP contribution is 2.46. The van der Waals surface area contributed by atoms with Crippen LogP contribution in [0.15, 0.2) is 6.33 Å². The fourth-order valence-corrected chi connectivity index (χ4v) is 3.94. The van der Waals surface area contributed by atoms with Crippen molar-refractivity contribution in [1.82, 2.24) is 9.97 Å². The van der Waals surface area contributed by atoms with Crippen molar-refractivity contribution in [1.29, 1.82) is 0 Å². The van der Waals surface area contributed by atoms with Gasteiger partial charge in [0.1, 0.15) is 11.2 Å². The molecule has 0 saturated heterocycles. The molecule has 0 atom stereocenters. The van der Waals surface area contributed by atoms with E-state index in [1.807, 2.05) is 11.3 Å². The lowest BCUT2D eigenvalue weighted by atomic mass is 9.86. The Morgan fingerprint density at radius 3 is 2.93 bits per heavy atom. The quantitative estimate of drug-likeness (QED) is 0.678. The normalized spacial score (nSPS) is 18.3. The summed E-state index contributed by atoms with van der Waals surface area (Å²) in [6.45, 7) is 6.75. The third-order valence-electron chi connectivity index (χ3n) is 3.40. The first-order chi connectivity index (χ1) is 7.09. The van der Waals surface area contributed by atoms with E-state index < -0.39 is 0 Å². The highest BCUT2D eigenvalue weighted by Gasteiger charge is 2.34. The van der Waals surface area contributed by atoms with Crippen LogP contribution in [0.2, 0.25) is 0 Å². The van der Waals surface area contributed by atoms with Gasteiger partial charge in [-0.25, -0.2) is 9.97 Å². The Hall–Kier alpha value is -0.960. The molecule has 0 bridgehead atoms. The molecule has 2 nitrogen and oxygen atoms in total. The number of rotatable bonds is 0. The van der Waals surface area contributed by atoms with Crippen LogP contribution in [-0.2, 0) is 11.8 Å². The summed E-state index contributed by atoms with van der Waals surface area (Å²) in [7, 11) is 0. The van der Waals surface area contributed by atoms with Gasteiger partial charge < -0.3 is 0 Å². The first-order valence-electron chi connectivity index (χ1n) is 5.33. The van der Waals surface area contributed by atoms with E-state index in [4.69, 9.17) is 0 Å². The minimum absolute atomic E-state index is 0.309. The van der Waals surface area contributed by atoms with Crippen LogP contribution < -0.4 is 0 Å². The molecule has 0 radical (unpaired) electrons. The summed E-state index contributed by atoms with van der Waals surface area (Å²) < 4.78 is 0. The number of aromatic nitrogens is 2. The molecule has 0 aromatic carbocycles. The van der Waals surface area contributed by atoms with E-state index in [1.54, 1.807) is 6.33 Å². The lowest BCUT2D eigenvalue weighted by Crippen LogP contribution is -2.12. The van der Waals surface area contributed by atoms with Crippen LogP contribution in [0.3, 0.4) is 0 Å². The smallest absolute Gasteiger partial charge is 0.127 e. The van der Waals surface area contributed by atoms with Gasteiger partial charge >= 0.3 is 0 Å². The van der Waals surface area contributed by atoms with E-state index >= 15 is 0 Å². The topological polar surface area (TPSA) is 25.8 Å². The number of thiophene rings is 1. The molecule has 2 aromatic rings. The SMILES string of the molecule is Cc1ncnc2sc3c(c12)C(C)(C)CC3. The van der Waals surface area contributed by atoms with Gasteiger partial charge in [0.2, 0.25) is 0 Å². The summed E-state index contributed by atoms with van der Waals surface area (Å²) in [5.41, 5.74) is 2.95. The number of nitrogens with zero attached hydrogens (tertiary/aromatic N) is 2. The third kappa shape index (κ3) is 1.16. The fourth-order valence-electron chi connectivity index (χ4n) is 2.57. The molecule has 3 rings (SSSR count). The van der Waals surface area contributed by atoms with Crippen molar-refractivity contribution in [2.75, 3.05) is 0 Å². The average molecular weight is 218 g/mol. The lowest BCUT2D eigenvalue weighted by molar-refractivity contribution is 0.525. The van der Waals surface area contributed by atoms with Crippen LogP contribution in [0, 0.1) is 6.92 Å². The Morgan fingerprint density at radius 1 is 1.33 bits per heavy atom. The van der Waals surface area contributed by atoms with Crippen LogP contribution in [0.1, 0.15) is 36.4 Å². The monoisotopic (exact) mass is 218 g/mol. The van der Waals surface area contributed by atoms with Crippen molar-refractivity contribution in [3.8, 4) is 0 Å². The second kappa shape index (κ2) is 2.79. The highest BCUT2D eigenvalue weighted by molar-refractivity contribution is 7.18. The molecule has 0 spiro atoms. The van der Waals surface area contributed by atoms with Gasteiger partial charge in [0.05, 0.1) is 0 Å². The Morgan fingerprint density at radius 2 is 2.13 bits per heavy atom. The first kappa shape index (κ1) is 9.28. The van der Waals surface area contributed by atoms with Crippen LogP contribution in [0.25, 0.3) is 10.2 Å². The van der Waals surface area contributed by atoms with Crippen molar-refractivity contribution in [3.05, 3.63) is 22.5 Å². The molecule has 0 N–H and O–H groups in total. The minimum Gasteiger partial charge on any atom is -0.241 e. The zero-order chi connectivity index (χ0) is 10.6. The molecular formula is C12H14N2S. The second-order valence-corrected chi connectivity index (χ2v) is 6.01. The fraction of sp³-hybridized carbons (Fsp3) is 0.500. The van der Waals surface area contributed by atoms with Crippen molar-refractivity contribution in [3.63, 3.8) is 0 Å². The number of aryl methyl sites for hydroxylation is 2. The second-order valence-electron chi connectivity index (χ2n) is 4.92. The van der Waals surface area contributed by atoms with E-state index in [0.29, 0.717) is 5.41 Å². The summed E-state index contributed by atoms with van der Waals surface area (Å²) in [4.78, 5) is 11.4. The van der Waals surface area contributed by atoms with Crippen LogP contribution in [0.4, 0.5) is 0 Å². The molecule has 15 heavy (non-hydrogen) atoms. The molecular weight excluding hydrogens is 204 g/mol. The highest BCUT2D eigenvalue weighted by atomic mass is 32.1. The van der Waals surface area contributed by atoms with Crippen LogP contribution in [-0.4, -0.2) is 9.97 Å². The number of hydrogen-bond acceptors (Lipinski definition) is 3. The minimum atomic E-state index is 0.309. The zero-order valence-corrected chi connectivity index (χ0v) is 10.1. The van der Waals surface area contributed by atoms with E-state index in [-0.39, 0.29) is 0 Å². The molecule has 1 aliphatic carbocycles. The van der Waals surface area contributed by atoms with Gasteiger partial charge in [-0.05, 0) is 30.7 Å². The summed E-state index contributed by atoms with van der Waals surface area (Å²) in [6.07, 6.45) is 4.15. The standard InChI is InChI=1S/C12H14N2S/c1-7-9-10-8(4-5-12(10,2)3)15-11(9)14-6-13-7/h6H,4-5H2,1-3H3. The largest absolute Gasteiger partial charge is 0.241 e. The van der Waals surface area contributed by atoms with Gasteiger partial charge in [-0.1, -0.05) is 13.8 Å². The molecule has 0 unspecified atom stereocenters. The van der Waals surface area contributed by atoms with Crippen molar-refractivity contribution in [2.45, 2.75) is 39.0 Å². The summed E-state index contributed by atoms with van der Waals surface area (Å²) in [5.74, 6) is 0. The lowest BCUT2D eigenvalue weighted by Gasteiger charge is -2.18. The third-order valence-corrected chi connectivity index (χ3v) is 4.56. The van der Waals surface area contributed by atoms with Crippen molar-refractivity contribution < 1.29 is 0 Å². The Kier molecular flexibility index (Phi) is 1.72. The van der Waals surface area contributed by atoms with Gasteiger partial charge in [-0.2, -0.15) is 0 Å². The summed E-state index contributed by atoms with van der Waals surface area (Å²) in [6, 6.07) is 0. The predicted octanol–water partition coefficient (Wildman–Crippen LogP) is 3.22. The molecule has 2 aromatic heterocycles. The number of hydrogen-bond donors (Lipinski definition) is 0. The number of fused-ring (bicyclic) bond motifs is 3. The van der Waals surface area contributed by atoms with Crippen LogP contribution >= 0.6 is 11.3 Å². The summed E-state index contributed by atoms with van der Waals surface area (Å²) >= 11 is 1.85. The van der Waals surface area contributed by atoms with E-state index in [0.717, 1.165) is 5.69 Å². The van der Waals surface area contributed by atoms with E-state index in [1.165, 1.54) is 33.5 Å². The van der Waals surface area contributed by atoms with Gasteiger partial charge in [0, 0.05) is 16.0 Å². The molecule has 78 valence electrons. The maximum atomic E-state index is 4.38. The average Bonchev–Trinajstić information content (AvgIpc) is 2.66. The van der Waals surface area contributed by atoms with Gasteiger partial charge in [-0.15, -0.1) is 11.3 Å².